The number of carbonyl (C=O) groups excluding carboxylic acids is 1. The summed E-state index contributed by atoms with van der Waals surface area (Å²) in [7, 11) is 1.76. The number of nitrogens with one attached hydrogen (secondary N) is 1. The number of carbonyl (C=O) groups is 1. The number of hydrogen-bond acceptors (Lipinski definition) is 4. The molecular weight excluding hydrogens is 360 g/mol. The molecule has 27 heavy (non-hydrogen) atoms. The van der Waals surface area contributed by atoms with Crippen molar-refractivity contribution in [3.05, 3.63) is 52.4 Å². The summed E-state index contributed by atoms with van der Waals surface area (Å²) < 4.78 is 1.69. The molecule has 1 amide bonds. The number of rotatable bonds is 6. The van der Waals surface area contributed by atoms with E-state index in [1.807, 2.05) is 57.2 Å². The molecule has 0 radical (unpaired) electrons. The first-order valence-electron chi connectivity index (χ1n) is 8.98. The van der Waals surface area contributed by atoms with Gasteiger partial charge >= 0.3 is 0 Å². The number of anilines is 1. The Balaban J connectivity index is 1.89. The highest BCUT2D eigenvalue weighted by molar-refractivity contribution is 7.99. The highest BCUT2D eigenvalue weighted by Crippen LogP contribution is 2.23. The summed E-state index contributed by atoms with van der Waals surface area (Å²) >= 11 is 1.31. The molecule has 0 aliphatic carbocycles. The molecule has 0 unspecified atom stereocenters. The van der Waals surface area contributed by atoms with Gasteiger partial charge in [0.1, 0.15) is 5.52 Å². The Morgan fingerprint density at radius 3 is 2.70 bits per heavy atom. The van der Waals surface area contributed by atoms with Crippen molar-refractivity contribution in [3.8, 4) is 0 Å². The number of aromatic nitrogens is 3. The van der Waals surface area contributed by atoms with Gasteiger partial charge in [-0.3, -0.25) is 14.2 Å². The van der Waals surface area contributed by atoms with Crippen LogP contribution in [0.1, 0.15) is 32.0 Å². The highest BCUT2D eigenvalue weighted by atomic mass is 32.2. The Labute approximate surface area is 162 Å². The Kier molecular flexibility index (Phi) is 5.70. The minimum Gasteiger partial charge on any atom is -0.353 e. The van der Waals surface area contributed by atoms with E-state index in [0.29, 0.717) is 16.2 Å². The summed E-state index contributed by atoms with van der Waals surface area (Å²) in [4.78, 5) is 34.9. The fraction of sp³-hybridized carbons (Fsp3) is 0.350. The van der Waals surface area contributed by atoms with Gasteiger partial charge in [0.05, 0.1) is 11.3 Å². The van der Waals surface area contributed by atoms with Crippen LogP contribution in [0.2, 0.25) is 0 Å². The molecule has 0 aliphatic heterocycles. The first-order chi connectivity index (χ1) is 12.9. The smallest absolute Gasteiger partial charge is 0.278 e. The number of hydrogen-bond donors (Lipinski definition) is 1. The van der Waals surface area contributed by atoms with Crippen LogP contribution in [0.25, 0.3) is 11.0 Å². The van der Waals surface area contributed by atoms with Crippen molar-refractivity contribution in [3.63, 3.8) is 0 Å². The van der Waals surface area contributed by atoms with Gasteiger partial charge in [0.2, 0.25) is 5.91 Å². The molecule has 0 aliphatic rings. The Bertz CT molecular complexity index is 1010. The lowest BCUT2D eigenvalue weighted by molar-refractivity contribution is -0.115. The molecule has 3 aromatic rings. The summed E-state index contributed by atoms with van der Waals surface area (Å²) in [6.45, 7) is 5.93. The summed E-state index contributed by atoms with van der Waals surface area (Å²) in [6, 6.07) is 11.4. The zero-order valence-electron chi connectivity index (χ0n) is 16.0. The number of fused-ring (bicyclic) bond motifs is 1. The number of aromatic amines is 1. The molecule has 6 nitrogen and oxygen atoms in total. The quantitative estimate of drug-likeness (QED) is 0.519. The van der Waals surface area contributed by atoms with Gasteiger partial charge in [-0.05, 0) is 38.5 Å². The van der Waals surface area contributed by atoms with E-state index in [-0.39, 0.29) is 23.3 Å². The van der Waals surface area contributed by atoms with E-state index < -0.39 is 0 Å². The number of amides is 1. The van der Waals surface area contributed by atoms with Crippen LogP contribution in [0.5, 0.6) is 0 Å². The molecule has 2 heterocycles. The van der Waals surface area contributed by atoms with E-state index in [4.69, 9.17) is 0 Å². The molecule has 1 N–H and O–H groups in total. The summed E-state index contributed by atoms with van der Waals surface area (Å²) in [5.41, 5.74) is 2.81. The highest BCUT2D eigenvalue weighted by Gasteiger charge is 2.19. The second-order valence-corrected chi connectivity index (χ2v) is 7.56. The zero-order chi connectivity index (χ0) is 19.6. The monoisotopic (exact) mass is 384 g/mol. The topological polar surface area (TPSA) is 71.0 Å². The second-order valence-electron chi connectivity index (χ2n) is 6.62. The maximum Gasteiger partial charge on any atom is 0.278 e. The number of H-pyrrole nitrogens is 1. The third kappa shape index (κ3) is 3.93. The van der Waals surface area contributed by atoms with Crippen LogP contribution in [0.3, 0.4) is 0 Å². The lowest BCUT2D eigenvalue weighted by atomic mass is 10.2. The van der Waals surface area contributed by atoms with Gasteiger partial charge in [-0.1, -0.05) is 36.9 Å². The molecule has 1 aromatic carbocycles. The third-order valence-electron chi connectivity index (χ3n) is 4.66. The fourth-order valence-corrected chi connectivity index (χ4v) is 3.89. The van der Waals surface area contributed by atoms with Gasteiger partial charge in [0, 0.05) is 24.5 Å². The van der Waals surface area contributed by atoms with Gasteiger partial charge in [-0.25, -0.2) is 4.98 Å². The minimum atomic E-state index is -0.0891. The van der Waals surface area contributed by atoms with Crippen LogP contribution < -0.4 is 10.5 Å². The lowest BCUT2D eigenvalue weighted by Crippen LogP contribution is -2.29. The average Bonchev–Trinajstić information content (AvgIpc) is 3.06. The number of aryl methyl sites for hydroxylation is 1. The molecule has 0 saturated heterocycles. The molecule has 0 spiro atoms. The normalized spacial score (nSPS) is 12.3. The molecule has 7 heteroatoms. The van der Waals surface area contributed by atoms with Crippen LogP contribution in [-0.2, 0) is 4.79 Å². The summed E-state index contributed by atoms with van der Waals surface area (Å²) in [5, 5.41) is 0.579. The fourth-order valence-electron chi connectivity index (χ4n) is 2.88. The average molecular weight is 385 g/mol. The molecule has 3 rings (SSSR count). The molecular formula is C20H24N4O2S. The van der Waals surface area contributed by atoms with Gasteiger partial charge < -0.3 is 9.88 Å². The Morgan fingerprint density at radius 2 is 2.04 bits per heavy atom. The van der Waals surface area contributed by atoms with Gasteiger partial charge in [0.15, 0.2) is 5.16 Å². The van der Waals surface area contributed by atoms with Crippen LogP contribution in [0, 0.1) is 6.92 Å². The summed E-state index contributed by atoms with van der Waals surface area (Å²) in [6.07, 6.45) is 0.804. The van der Waals surface area contributed by atoms with E-state index in [0.717, 1.165) is 17.8 Å². The van der Waals surface area contributed by atoms with Gasteiger partial charge in [-0.15, -0.1) is 0 Å². The maximum absolute atomic E-state index is 12.9. The molecule has 0 fully saturated rings. The van der Waals surface area contributed by atoms with Gasteiger partial charge in [0.25, 0.3) is 5.56 Å². The predicted octanol–water partition coefficient (Wildman–Crippen LogP) is 3.76. The van der Waals surface area contributed by atoms with Crippen molar-refractivity contribution in [1.29, 1.82) is 0 Å². The summed E-state index contributed by atoms with van der Waals surface area (Å²) in [5.74, 6) is 0.171. The van der Waals surface area contributed by atoms with Crippen molar-refractivity contribution >= 4 is 34.4 Å². The third-order valence-corrected chi connectivity index (χ3v) is 5.60. The molecule has 1 atom stereocenters. The van der Waals surface area contributed by atoms with Crippen molar-refractivity contribution < 1.29 is 4.79 Å². The van der Waals surface area contributed by atoms with Crippen molar-refractivity contribution in [1.82, 2.24) is 14.5 Å². The predicted molar refractivity (Wildman–Crippen MR) is 111 cm³/mol. The number of benzene rings is 1. The largest absolute Gasteiger partial charge is 0.353 e. The van der Waals surface area contributed by atoms with Crippen LogP contribution in [0.4, 0.5) is 5.69 Å². The first-order valence-corrected chi connectivity index (χ1v) is 9.97. The van der Waals surface area contributed by atoms with Gasteiger partial charge in [-0.2, -0.15) is 0 Å². The molecule has 0 bridgehead atoms. The number of nitrogens with zero attached hydrogens (tertiary/aromatic N) is 3. The van der Waals surface area contributed by atoms with Crippen molar-refractivity contribution in [2.24, 2.45) is 0 Å². The van der Waals surface area contributed by atoms with E-state index >= 15 is 0 Å². The Hall–Kier alpha value is -2.54. The standard InChI is InChI=1S/C20H24N4O2S/c1-5-14(3)24-19(26)18-16(11-13(2)21-18)22-20(24)27-12-17(25)23(4)15-9-7-6-8-10-15/h6-11,14,21H,5,12H2,1-4H3/t14-/m0/s1. The second kappa shape index (κ2) is 8.00. The molecule has 0 saturated carbocycles. The zero-order valence-corrected chi connectivity index (χ0v) is 16.8. The van der Waals surface area contributed by atoms with E-state index in [1.165, 1.54) is 11.8 Å². The van der Waals surface area contributed by atoms with E-state index in [9.17, 15) is 9.59 Å². The lowest BCUT2D eigenvalue weighted by Gasteiger charge is -2.19. The van der Waals surface area contributed by atoms with E-state index in [2.05, 4.69) is 9.97 Å². The van der Waals surface area contributed by atoms with Crippen molar-refractivity contribution in [2.75, 3.05) is 17.7 Å². The number of thioether (sulfide) groups is 1. The molecule has 142 valence electrons. The van der Waals surface area contributed by atoms with Crippen LogP contribution >= 0.6 is 11.8 Å². The van der Waals surface area contributed by atoms with Crippen LogP contribution in [-0.4, -0.2) is 33.2 Å². The maximum atomic E-state index is 12.9. The SMILES string of the molecule is CC[C@H](C)n1c(SCC(=O)N(C)c2ccccc2)nc2cc(C)[nH]c2c1=O. The first kappa shape index (κ1) is 19.2. The van der Waals surface area contributed by atoms with E-state index in [1.54, 1.807) is 16.5 Å². The van der Waals surface area contributed by atoms with Crippen molar-refractivity contribution in [2.45, 2.75) is 38.4 Å². The number of para-hydroxylation sites is 1. The minimum absolute atomic E-state index is 0.00228. The Morgan fingerprint density at radius 1 is 1.33 bits per heavy atom. The molecule has 2 aromatic heterocycles. The van der Waals surface area contributed by atoms with Crippen LogP contribution in [0.15, 0.2) is 46.3 Å².